The van der Waals surface area contributed by atoms with Crippen LogP contribution in [0.5, 0.6) is 5.75 Å². The summed E-state index contributed by atoms with van der Waals surface area (Å²) in [6.45, 7) is 2.41. The number of benzene rings is 2. The van der Waals surface area contributed by atoms with Crippen LogP contribution in [0.25, 0.3) is 0 Å². The fraction of sp³-hybridized carbons (Fsp3) is 0.222. The molecule has 1 amide bonds. The lowest BCUT2D eigenvalue weighted by atomic mass is 10.1. The third-order valence-corrected chi connectivity index (χ3v) is 3.14. The summed E-state index contributed by atoms with van der Waals surface area (Å²) in [5.41, 5.74) is 1.26. The third kappa shape index (κ3) is 4.45. The molecular formula is C18H19NO3. The zero-order valence-electron chi connectivity index (χ0n) is 12.5. The van der Waals surface area contributed by atoms with Gasteiger partial charge in [0.05, 0.1) is 12.3 Å². The van der Waals surface area contributed by atoms with E-state index in [1.807, 2.05) is 37.3 Å². The molecule has 0 spiro atoms. The molecule has 0 fully saturated rings. The van der Waals surface area contributed by atoms with Gasteiger partial charge in [-0.25, -0.2) is 0 Å². The number of amides is 1. The molecule has 0 aromatic heterocycles. The van der Waals surface area contributed by atoms with E-state index in [0.717, 1.165) is 0 Å². The lowest BCUT2D eigenvalue weighted by molar-refractivity contribution is -0.116. The number of carbonyl (C=O) groups is 2. The van der Waals surface area contributed by atoms with Crippen LogP contribution in [0.2, 0.25) is 0 Å². The van der Waals surface area contributed by atoms with Crippen LogP contribution in [0.1, 0.15) is 30.1 Å². The molecule has 0 aliphatic carbocycles. The molecule has 22 heavy (non-hydrogen) atoms. The summed E-state index contributed by atoms with van der Waals surface area (Å²) < 4.78 is 5.45. The largest absolute Gasteiger partial charge is 0.492 e. The van der Waals surface area contributed by atoms with Gasteiger partial charge in [-0.15, -0.1) is 0 Å². The van der Waals surface area contributed by atoms with Crippen LogP contribution in [0.3, 0.4) is 0 Å². The topological polar surface area (TPSA) is 55.4 Å². The van der Waals surface area contributed by atoms with E-state index in [0.29, 0.717) is 23.6 Å². The smallest absolute Gasteiger partial charge is 0.224 e. The van der Waals surface area contributed by atoms with Gasteiger partial charge >= 0.3 is 0 Å². The molecule has 2 aromatic rings. The van der Waals surface area contributed by atoms with E-state index in [2.05, 4.69) is 5.32 Å². The Morgan fingerprint density at radius 2 is 1.64 bits per heavy atom. The summed E-state index contributed by atoms with van der Waals surface area (Å²) in [7, 11) is 0. The first-order valence-corrected chi connectivity index (χ1v) is 7.30. The van der Waals surface area contributed by atoms with Gasteiger partial charge in [-0.3, -0.25) is 9.59 Å². The predicted octanol–water partition coefficient (Wildman–Crippen LogP) is 3.69. The second kappa shape index (κ2) is 7.98. The van der Waals surface area contributed by atoms with Crippen molar-refractivity contribution in [2.24, 2.45) is 0 Å². The van der Waals surface area contributed by atoms with E-state index in [1.165, 1.54) is 0 Å². The molecule has 2 aromatic carbocycles. The van der Waals surface area contributed by atoms with E-state index in [-0.39, 0.29) is 24.5 Å². The highest BCUT2D eigenvalue weighted by molar-refractivity contribution is 6.00. The fourth-order valence-corrected chi connectivity index (χ4v) is 2.06. The molecule has 0 radical (unpaired) electrons. The summed E-state index contributed by atoms with van der Waals surface area (Å²) in [6, 6.07) is 16.2. The highest BCUT2D eigenvalue weighted by Gasteiger charge is 2.11. The monoisotopic (exact) mass is 297 g/mol. The quantitative estimate of drug-likeness (QED) is 0.793. The van der Waals surface area contributed by atoms with Gasteiger partial charge in [0, 0.05) is 18.4 Å². The molecule has 114 valence electrons. The minimum atomic E-state index is -0.198. The average Bonchev–Trinajstić information content (AvgIpc) is 2.55. The number of nitrogens with one attached hydrogen (secondary N) is 1. The Kier molecular flexibility index (Phi) is 5.72. The first-order valence-electron chi connectivity index (χ1n) is 7.30. The van der Waals surface area contributed by atoms with Gasteiger partial charge in [0.15, 0.2) is 5.78 Å². The normalized spacial score (nSPS) is 10.0. The summed E-state index contributed by atoms with van der Waals surface area (Å²) >= 11 is 0. The molecule has 0 atom stereocenters. The van der Waals surface area contributed by atoms with Gasteiger partial charge < -0.3 is 10.1 Å². The van der Waals surface area contributed by atoms with Crippen LogP contribution < -0.4 is 10.1 Å². The lowest BCUT2D eigenvalue weighted by Crippen LogP contribution is -2.14. The first-order chi connectivity index (χ1) is 10.7. The van der Waals surface area contributed by atoms with E-state index >= 15 is 0 Å². The Morgan fingerprint density at radius 1 is 0.955 bits per heavy atom. The second-order valence-electron chi connectivity index (χ2n) is 4.77. The average molecular weight is 297 g/mol. The number of hydrogen-bond donors (Lipinski definition) is 1. The van der Waals surface area contributed by atoms with Crippen molar-refractivity contribution in [1.82, 2.24) is 0 Å². The highest BCUT2D eigenvalue weighted by atomic mass is 16.5. The Hall–Kier alpha value is -2.62. The van der Waals surface area contributed by atoms with Crippen LogP contribution in [-0.4, -0.2) is 18.3 Å². The summed E-state index contributed by atoms with van der Waals surface area (Å²) in [5, 5.41) is 2.79. The molecule has 0 saturated heterocycles. The minimum Gasteiger partial charge on any atom is -0.492 e. The lowest BCUT2D eigenvalue weighted by Gasteiger charge is -2.11. The van der Waals surface area contributed by atoms with Crippen LogP contribution in [0, 0.1) is 0 Å². The predicted molar refractivity (Wildman–Crippen MR) is 86.2 cm³/mol. The van der Waals surface area contributed by atoms with Crippen molar-refractivity contribution in [3.05, 3.63) is 60.2 Å². The van der Waals surface area contributed by atoms with Gasteiger partial charge in [-0.1, -0.05) is 42.5 Å². The molecule has 4 nitrogen and oxygen atoms in total. The summed E-state index contributed by atoms with van der Waals surface area (Å²) in [4.78, 5) is 24.0. The Morgan fingerprint density at radius 3 is 2.36 bits per heavy atom. The standard InChI is InChI=1S/C18H19NO3/c1-2-22-17-11-7-6-10-15(17)19-18(21)13-12-16(20)14-8-4-3-5-9-14/h3-11H,2,12-13H2,1H3,(H,19,21). The maximum Gasteiger partial charge on any atom is 0.224 e. The molecule has 0 saturated carbocycles. The van der Waals surface area contributed by atoms with Gasteiger partial charge in [-0.2, -0.15) is 0 Å². The Bertz CT molecular complexity index is 638. The van der Waals surface area contributed by atoms with Gasteiger partial charge in [-0.05, 0) is 19.1 Å². The van der Waals surface area contributed by atoms with E-state index in [9.17, 15) is 9.59 Å². The molecule has 4 heteroatoms. The molecule has 0 heterocycles. The first kappa shape index (κ1) is 15.8. The minimum absolute atomic E-state index is 0.0335. The van der Waals surface area contributed by atoms with E-state index in [1.54, 1.807) is 24.3 Å². The van der Waals surface area contributed by atoms with Crippen LogP contribution >= 0.6 is 0 Å². The van der Waals surface area contributed by atoms with Crippen LogP contribution in [0.15, 0.2) is 54.6 Å². The molecular weight excluding hydrogens is 278 g/mol. The molecule has 2 rings (SSSR count). The van der Waals surface area contributed by atoms with Gasteiger partial charge in [0.25, 0.3) is 0 Å². The number of Topliss-reactive ketones (excluding diaryl/α,β-unsaturated/α-hetero) is 1. The van der Waals surface area contributed by atoms with Crippen LogP contribution in [-0.2, 0) is 4.79 Å². The second-order valence-corrected chi connectivity index (χ2v) is 4.77. The highest BCUT2D eigenvalue weighted by Crippen LogP contribution is 2.23. The molecule has 0 aliphatic heterocycles. The summed E-state index contributed by atoms with van der Waals surface area (Å²) in [5.74, 6) is 0.401. The van der Waals surface area contributed by atoms with Gasteiger partial charge in [0.2, 0.25) is 5.91 Å². The van der Waals surface area contributed by atoms with Crippen molar-refractivity contribution < 1.29 is 14.3 Å². The number of ketones is 1. The zero-order valence-corrected chi connectivity index (χ0v) is 12.5. The van der Waals surface area contributed by atoms with Crippen molar-refractivity contribution in [1.29, 1.82) is 0 Å². The molecule has 0 unspecified atom stereocenters. The van der Waals surface area contributed by atoms with Crippen molar-refractivity contribution in [3.8, 4) is 5.75 Å². The fourth-order valence-electron chi connectivity index (χ4n) is 2.06. The Labute approximate surface area is 130 Å². The maximum atomic E-state index is 12.0. The van der Waals surface area contributed by atoms with Gasteiger partial charge in [0.1, 0.15) is 5.75 Å². The number of hydrogen-bond acceptors (Lipinski definition) is 3. The number of rotatable bonds is 7. The van der Waals surface area contributed by atoms with Crippen molar-refractivity contribution in [3.63, 3.8) is 0 Å². The maximum absolute atomic E-state index is 12.0. The third-order valence-electron chi connectivity index (χ3n) is 3.14. The van der Waals surface area contributed by atoms with E-state index in [4.69, 9.17) is 4.74 Å². The SMILES string of the molecule is CCOc1ccccc1NC(=O)CCC(=O)c1ccccc1. The summed E-state index contributed by atoms with van der Waals surface area (Å²) in [6.07, 6.45) is 0.334. The van der Waals surface area contributed by atoms with Crippen molar-refractivity contribution in [2.45, 2.75) is 19.8 Å². The van der Waals surface area contributed by atoms with Crippen molar-refractivity contribution in [2.75, 3.05) is 11.9 Å². The molecule has 0 bridgehead atoms. The number of anilines is 1. The van der Waals surface area contributed by atoms with E-state index < -0.39 is 0 Å². The number of carbonyl (C=O) groups excluding carboxylic acids is 2. The van der Waals surface area contributed by atoms with Crippen LogP contribution in [0.4, 0.5) is 5.69 Å². The Balaban J connectivity index is 1.90. The van der Waals surface area contributed by atoms with Crippen molar-refractivity contribution >= 4 is 17.4 Å². The number of para-hydroxylation sites is 2. The number of ether oxygens (including phenoxy) is 1. The molecule has 0 aliphatic rings. The zero-order chi connectivity index (χ0) is 15.8. The molecule has 1 N–H and O–H groups in total.